The Bertz CT molecular complexity index is 836. The number of carbonyl (C=O) groups excluding carboxylic acids is 1. The number of hydrogen-bond donors (Lipinski definition) is 1. The molecule has 0 saturated carbocycles. The number of nitrogens with one attached hydrogen (secondary N) is 1. The molecule has 1 aliphatic heterocycles. The molecule has 2 aromatic rings. The third-order valence-corrected chi connectivity index (χ3v) is 6.16. The number of piperazine rings is 1. The van der Waals surface area contributed by atoms with Gasteiger partial charge in [0.05, 0.1) is 10.7 Å². The standard InChI is InChI=1S/C17H22N6O3S2/c1-12(2)18-16-19-20-17(28-16)27-11-15(24)22-9-7-21(8-10-22)13-5-3-4-6-14(13)23(25)26/h3-6,12H,7-11H2,1-2H3,(H,18,19). The molecule has 1 fully saturated rings. The van der Waals surface area contributed by atoms with Gasteiger partial charge in [0.1, 0.15) is 5.69 Å². The molecule has 1 saturated heterocycles. The first kappa shape index (κ1) is 20.3. The molecule has 1 aliphatic rings. The van der Waals surface area contributed by atoms with Crippen molar-refractivity contribution in [2.75, 3.05) is 42.1 Å². The average Bonchev–Trinajstić information content (AvgIpc) is 3.12. The molecule has 1 N–H and O–H groups in total. The number of rotatable bonds is 7. The Hall–Kier alpha value is -2.40. The van der Waals surface area contributed by atoms with E-state index < -0.39 is 0 Å². The Labute approximate surface area is 171 Å². The van der Waals surface area contributed by atoms with E-state index in [1.807, 2.05) is 18.7 Å². The molecular weight excluding hydrogens is 400 g/mol. The van der Waals surface area contributed by atoms with Crippen molar-refractivity contribution < 1.29 is 9.72 Å². The van der Waals surface area contributed by atoms with Gasteiger partial charge < -0.3 is 15.1 Å². The van der Waals surface area contributed by atoms with Crippen LogP contribution >= 0.6 is 23.1 Å². The van der Waals surface area contributed by atoms with Crippen LogP contribution in [0.1, 0.15) is 13.8 Å². The third kappa shape index (κ3) is 5.10. The predicted molar refractivity (Wildman–Crippen MR) is 111 cm³/mol. The second-order valence-electron chi connectivity index (χ2n) is 6.57. The zero-order valence-electron chi connectivity index (χ0n) is 15.7. The van der Waals surface area contributed by atoms with E-state index in [0.717, 1.165) is 9.47 Å². The molecule has 0 aliphatic carbocycles. The lowest BCUT2D eigenvalue weighted by atomic mass is 10.2. The average molecular weight is 423 g/mol. The van der Waals surface area contributed by atoms with Crippen LogP contribution in [-0.4, -0.2) is 63.9 Å². The molecule has 3 rings (SSSR count). The molecule has 11 heteroatoms. The van der Waals surface area contributed by atoms with Crippen LogP contribution in [0.5, 0.6) is 0 Å². The van der Waals surface area contributed by atoms with E-state index >= 15 is 0 Å². The van der Waals surface area contributed by atoms with Crippen molar-refractivity contribution in [3.63, 3.8) is 0 Å². The van der Waals surface area contributed by atoms with E-state index in [1.54, 1.807) is 23.1 Å². The van der Waals surface area contributed by atoms with Gasteiger partial charge in [0.25, 0.3) is 5.69 Å². The van der Waals surface area contributed by atoms with Crippen LogP contribution in [0, 0.1) is 10.1 Å². The second-order valence-corrected chi connectivity index (χ2v) is 8.77. The first-order valence-corrected chi connectivity index (χ1v) is 10.7. The molecular formula is C17H22N6O3S2. The molecule has 1 amide bonds. The summed E-state index contributed by atoms with van der Waals surface area (Å²) in [5.74, 6) is 0.350. The van der Waals surface area contributed by atoms with Crippen LogP contribution in [0.25, 0.3) is 0 Å². The van der Waals surface area contributed by atoms with Crippen LogP contribution in [0.15, 0.2) is 28.6 Å². The fraction of sp³-hybridized carbons (Fsp3) is 0.471. The molecule has 0 bridgehead atoms. The SMILES string of the molecule is CC(C)Nc1nnc(SCC(=O)N2CCN(c3ccccc3[N+](=O)[O-])CC2)s1. The maximum absolute atomic E-state index is 12.5. The van der Waals surface area contributed by atoms with Crippen molar-refractivity contribution in [2.45, 2.75) is 24.2 Å². The summed E-state index contributed by atoms with van der Waals surface area (Å²) in [5, 5.41) is 23.3. The number of benzene rings is 1. The van der Waals surface area contributed by atoms with Gasteiger partial charge in [0.2, 0.25) is 11.0 Å². The van der Waals surface area contributed by atoms with Gasteiger partial charge in [0.15, 0.2) is 4.34 Å². The van der Waals surface area contributed by atoms with Gasteiger partial charge in [-0.1, -0.05) is 35.2 Å². The highest BCUT2D eigenvalue weighted by molar-refractivity contribution is 8.01. The van der Waals surface area contributed by atoms with Crippen LogP contribution in [0.2, 0.25) is 0 Å². The van der Waals surface area contributed by atoms with Crippen LogP contribution < -0.4 is 10.2 Å². The lowest BCUT2D eigenvalue weighted by Gasteiger charge is -2.35. The minimum absolute atomic E-state index is 0.0424. The monoisotopic (exact) mass is 422 g/mol. The number of nitro benzene ring substituents is 1. The van der Waals surface area contributed by atoms with Gasteiger partial charge in [-0.15, -0.1) is 10.2 Å². The summed E-state index contributed by atoms with van der Waals surface area (Å²) in [6.45, 7) is 6.29. The first-order valence-electron chi connectivity index (χ1n) is 8.93. The van der Waals surface area contributed by atoms with Crippen molar-refractivity contribution in [3.8, 4) is 0 Å². The number of aromatic nitrogens is 2. The molecule has 1 aromatic carbocycles. The lowest BCUT2D eigenvalue weighted by molar-refractivity contribution is -0.384. The maximum atomic E-state index is 12.5. The van der Waals surface area contributed by atoms with Crippen molar-refractivity contribution in [1.29, 1.82) is 0 Å². The van der Waals surface area contributed by atoms with Crippen molar-refractivity contribution in [2.24, 2.45) is 0 Å². The number of amides is 1. The summed E-state index contributed by atoms with van der Waals surface area (Å²) in [4.78, 5) is 27.1. The van der Waals surface area contributed by atoms with Gasteiger partial charge in [-0.25, -0.2) is 0 Å². The largest absolute Gasteiger partial charge is 0.362 e. The first-order chi connectivity index (χ1) is 13.4. The Morgan fingerprint density at radius 3 is 2.68 bits per heavy atom. The number of para-hydroxylation sites is 2. The molecule has 2 heterocycles. The van der Waals surface area contributed by atoms with E-state index in [-0.39, 0.29) is 22.6 Å². The lowest BCUT2D eigenvalue weighted by Crippen LogP contribution is -2.49. The third-order valence-electron chi connectivity index (χ3n) is 4.19. The fourth-order valence-corrected chi connectivity index (χ4v) is 4.67. The number of hydrogen-bond acceptors (Lipinski definition) is 9. The molecule has 9 nitrogen and oxygen atoms in total. The molecule has 1 aromatic heterocycles. The van der Waals surface area contributed by atoms with Crippen LogP contribution in [-0.2, 0) is 4.79 Å². The molecule has 0 unspecified atom stereocenters. The maximum Gasteiger partial charge on any atom is 0.292 e. The van der Waals surface area contributed by atoms with Gasteiger partial charge in [-0.2, -0.15) is 0 Å². The minimum atomic E-state index is -0.367. The van der Waals surface area contributed by atoms with Gasteiger partial charge in [-0.05, 0) is 19.9 Å². The Morgan fingerprint density at radius 1 is 1.29 bits per heavy atom. The zero-order chi connectivity index (χ0) is 20.1. The van der Waals surface area contributed by atoms with Crippen LogP contribution in [0.4, 0.5) is 16.5 Å². The van der Waals surface area contributed by atoms with E-state index in [2.05, 4.69) is 15.5 Å². The molecule has 150 valence electrons. The summed E-state index contributed by atoms with van der Waals surface area (Å²) >= 11 is 2.82. The topological polar surface area (TPSA) is 104 Å². The van der Waals surface area contributed by atoms with E-state index in [9.17, 15) is 14.9 Å². The van der Waals surface area contributed by atoms with Crippen molar-refractivity contribution >= 4 is 45.5 Å². The van der Waals surface area contributed by atoms with E-state index in [0.29, 0.717) is 37.6 Å². The number of thioether (sulfide) groups is 1. The number of carbonyl (C=O) groups is 1. The smallest absolute Gasteiger partial charge is 0.292 e. The van der Waals surface area contributed by atoms with Gasteiger partial charge in [-0.3, -0.25) is 14.9 Å². The van der Waals surface area contributed by atoms with E-state index in [4.69, 9.17) is 0 Å². The van der Waals surface area contributed by atoms with Crippen molar-refractivity contribution in [3.05, 3.63) is 34.4 Å². The van der Waals surface area contributed by atoms with Gasteiger partial charge in [0, 0.05) is 38.3 Å². The molecule has 0 radical (unpaired) electrons. The highest BCUT2D eigenvalue weighted by atomic mass is 32.2. The molecule has 0 spiro atoms. The normalized spacial score (nSPS) is 14.4. The Kier molecular flexibility index (Phi) is 6.68. The fourth-order valence-electron chi connectivity index (χ4n) is 2.87. The zero-order valence-corrected chi connectivity index (χ0v) is 17.3. The van der Waals surface area contributed by atoms with Crippen LogP contribution in [0.3, 0.4) is 0 Å². The Balaban J connectivity index is 1.50. The summed E-state index contributed by atoms with van der Waals surface area (Å²) in [5.41, 5.74) is 0.702. The predicted octanol–water partition coefficient (Wildman–Crippen LogP) is 2.71. The number of nitrogens with zero attached hydrogens (tertiary/aromatic N) is 5. The quantitative estimate of drug-likeness (QED) is 0.413. The number of anilines is 2. The molecule has 0 atom stereocenters. The summed E-state index contributed by atoms with van der Waals surface area (Å²) in [6.07, 6.45) is 0. The summed E-state index contributed by atoms with van der Waals surface area (Å²) in [6, 6.07) is 7.00. The van der Waals surface area contributed by atoms with E-state index in [1.165, 1.54) is 29.2 Å². The minimum Gasteiger partial charge on any atom is -0.362 e. The summed E-state index contributed by atoms with van der Waals surface area (Å²) in [7, 11) is 0. The highest BCUT2D eigenvalue weighted by Gasteiger charge is 2.25. The highest BCUT2D eigenvalue weighted by Crippen LogP contribution is 2.29. The van der Waals surface area contributed by atoms with Crippen molar-refractivity contribution in [1.82, 2.24) is 15.1 Å². The molecule has 28 heavy (non-hydrogen) atoms. The second kappa shape index (κ2) is 9.20. The summed E-state index contributed by atoms with van der Waals surface area (Å²) < 4.78 is 0.759. The number of nitro groups is 1. The Morgan fingerprint density at radius 2 is 2.00 bits per heavy atom. The van der Waals surface area contributed by atoms with Gasteiger partial charge >= 0.3 is 0 Å².